The van der Waals surface area contributed by atoms with Crippen LogP contribution in [0.5, 0.6) is 0 Å². The minimum atomic E-state index is -0.0882. The topological polar surface area (TPSA) is 52.6 Å². The first-order chi connectivity index (χ1) is 11.7. The Morgan fingerprint density at radius 1 is 1.17 bits per heavy atom. The maximum Gasteiger partial charge on any atom is 0.310 e. The SMILES string of the molecule is CCOC(=O)C1C2c3cccc4c3C3(CC4)C(C(=O)OCC)C3C12. The molecule has 0 aromatic heterocycles. The number of carbonyl (C=O) groups is 2. The Kier molecular flexibility index (Phi) is 2.79. The summed E-state index contributed by atoms with van der Waals surface area (Å²) in [7, 11) is 0. The normalized spacial score (nSPS) is 39.3. The summed E-state index contributed by atoms with van der Waals surface area (Å²) >= 11 is 0. The van der Waals surface area contributed by atoms with Crippen molar-refractivity contribution in [1.82, 2.24) is 0 Å². The van der Waals surface area contributed by atoms with Gasteiger partial charge in [0.25, 0.3) is 0 Å². The molecule has 0 N–H and O–H groups in total. The smallest absolute Gasteiger partial charge is 0.310 e. The zero-order valence-corrected chi connectivity index (χ0v) is 14.1. The summed E-state index contributed by atoms with van der Waals surface area (Å²) in [5.41, 5.74) is 4.00. The van der Waals surface area contributed by atoms with Crippen molar-refractivity contribution in [1.29, 1.82) is 0 Å². The molecule has 4 aliphatic carbocycles. The van der Waals surface area contributed by atoms with Crippen LogP contribution in [0.15, 0.2) is 18.2 Å². The van der Waals surface area contributed by atoms with Gasteiger partial charge in [0.1, 0.15) is 0 Å². The van der Waals surface area contributed by atoms with Gasteiger partial charge in [0.15, 0.2) is 0 Å². The molecular formula is C20H22O4. The van der Waals surface area contributed by atoms with Crippen LogP contribution in [-0.2, 0) is 30.9 Å². The zero-order valence-electron chi connectivity index (χ0n) is 14.1. The summed E-state index contributed by atoms with van der Waals surface area (Å²) in [4.78, 5) is 25.0. The second-order valence-corrected chi connectivity index (χ2v) is 7.56. The average molecular weight is 326 g/mol. The second-order valence-electron chi connectivity index (χ2n) is 7.56. The van der Waals surface area contributed by atoms with Gasteiger partial charge < -0.3 is 9.47 Å². The molecule has 1 aromatic rings. The molecule has 0 bridgehead atoms. The molecule has 2 fully saturated rings. The zero-order chi connectivity index (χ0) is 16.6. The maximum absolute atomic E-state index is 12.6. The molecule has 24 heavy (non-hydrogen) atoms. The van der Waals surface area contributed by atoms with Crippen molar-refractivity contribution < 1.29 is 19.1 Å². The molecule has 0 saturated heterocycles. The average Bonchev–Trinajstić information content (AvgIpc) is 3.40. The first kappa shape index (κ1) is 14.5. The van der Waals surface area contributed by atoms with E-state index in [1.807, 2.05) is 13.8 Å². The molecule has 6 atom stereocenters. The van der Waals surface area contributed by atoms with Gasteiger partial charge in [-0.15, -0.1) is 0 Å². The van der Waals surface area contributed by atoms with Crippen LogP contribution in [0.4, 0.5) is 0 Å². The van der Waals surface area contributed by atoms with E-state index in [0.29, 0.717) is 13.2 Å². The molecule has 4 nitrogen and oxygen atoms in total. The summed E-state index contributed by atoms with van der Waals surface area (Å²) in [5.74, 6) is 0.494. The van der Waals surface area contributed by atoms with E-state index in [-0.39, 0.29) is 46.9 Å². The number of carbonyl (C=O) groups excluding carboxylic acids is 2. The van der Waals surface area contributed by atoms with Crippen molar-refractivity contribution >= 4 is 11.9 Å². The number of hydrogen-bond donors (Lipinski definition) is 0. The Labute approximate surface area is 141 Å². The Balaban J connectivity index is 1.59. The Morgan fingerprint density at radius 3 is 2.67 bits per heavy atom. The lowest BCUT2D eigenvalue weighted by Crippen LogP contribution is -2.17. The molecule has 2 saturated carbocycles. The number of aryl methyl sites for hydroxylation is 1. The predicted molar refractivity (Wildman–Crippen MR) is 86.4 cm³/mol. The highest BCUT2D eigenvalue weighted by Gasteiger charge is 2.83. The van der Waals surface area contributed by atoms with Crippen LogP contribution in [0.3, 0.4) is 0 Å². The maximum atomic E-state index is 12.6. The fourth-order valence-electron chi connectivity index (χ4n) is 6.13. The van der Waals surface area contributed by atoms with Crippen LogP contribution in [0.2, 0.25) is 0 Å². The Bertz CT molecular complexity index is 754. The van der Waals surface area contributed by atoms with E-state index in [4.69, 9.17) is 9.47 Å². The van der Waals surface area contributed by atoms with Crippen molar-refractivity contribution in [3.63, 3.8) is 0 Å². The van der Waals surface area contributed by atoms with Gasteiger partial charge in [0.05, 0.1) is 25.0 Å². The van der Waals surface area contributed by atoms with Crippen LogP contribution in [-0.4, -0.2) is 25.2 Å². The quantitative estimate of drug-likeness (QED) is 0.798. The van der Waals surface area contributed by atoms with Gasteiger partial charge in [-0.3, -0.25) is 9.59 Å². The number of rotatable bonds is 4. The summed E-state index contributed by atoms with van der Waals surface area (Å²) < 4.78 is 10.7. The lowest BCUT2D eigenvalue weighted by atomic mass is 9.83. The fraction of sp³-hybridized carbons (Fsp3) is 0.600. The number of esters is 2. The minimum Gasteiger partial charge on any atom is -0.466 e. The summed E-state index contributed by atoms with van der Waals surface area (Å²) in [5, 5.41) is 0. The lowest BCUT2D eigenvalue weighted by Gasteiger charge is -2.20. The highest BCUT2D eigenvalue weighted by molar-refractivity contribution is 5.86. The monoisotopic (exact) mass is 326 g/mol. The standard InChI is InChI=1S/C20H22O4/c1-3-23-18(21)14-12-11-7-5-6-10-8-9-20(15(10)11)16(13(12)14)17(20)19(22)24-4-2/h5-7,12-14,16-17H,3-4,8-9H2,1-2H3. The molecule has 4 heteroatoms. The molecule has 126 valence electrons. The van der Waals surface area contributed by atoms with Gasteiger partial charge >= 0.3 is 11.9 Å². The van der Waals surface area contributed by atoms with Crippen LogP contribution in [0.1, 0.15) is 42.9 Å². The molecule has 5 rings (SSSR count). The van der Waals surface area contributed by atoms with Gasteiger partial charge in [-0.05, 0) is 55.2 Å². The van der Waals surface area contributed by atoms with Crippen molar-refractivity contribution in [3.05, 3.63) is 34.9 Å². The second kappa shape index (κ2) is 4.62. The molecule has 1 spiro atoms. The van der Waals surface area contributed by atoms with Crippen molar-refractivity contribution in [3.8, 4) is 0 Å². The minimum absolute atomic E-state index is 0.0550. The molecule has 1 aromatic carbocycles. The number of benzene rings is 1. The third-order valence-electron chi connectivity index (χ3n) is 6.80. The Hall–Kier alpha value is -1.84. The number of ether oxygens (including phenoxy) is 2. The van der Waals surface area contributed by atoms with Gasteiger partial charge in [-0.25, -0.2) is 0 Å². The summed E-state index contributed by atoms with van der Waals surface area (Å²) in [6.07, 6.45) is 2.06. The van der Waals surface area contributed by atoms with E-state index in [2.05, 4.69) is 18.2 Å². The molecule has 6 unspecified atom stereocenters. The predicted octanol–water partition coefficient (Wildman–Crippen LogP) is 2.59. The van der Waals surface area contributed by atoms with E-state index in [1.54, 1.807) is 0 Å². The highest BCUT2D eigenvalue weighted by Crippen LogP contribution is 2.82. The highest BCUT2D eigenvalue weighted by atomic mass is 16.5. The molecule has 4 aliphatic rings. The molecule has 0 amide bonds. The third kappa shape index (κ3) is 1.50. The van der Waals surface area contributed by atoms with Crippen LogP contribution in [0, 0.1) is 23.7 Å². The van der Waals surface area contributed by atoms with Crippen molar-refractivity contribution in [2.45, 2.75) is 38.0 Å². The first-order valence-electron chi connectivity index (χ1n) is 9.12. The number of hydrogen-bond acceptors (Lipinski definition) is 4. The first-order valence-corrected chi connectivity index (χ1v) is 9.12. The van der Waals surface area contributed by atoms with E-state index in [1.165, 1.54) is 16.7 Å². The number of fused-ring (bicyclic) bond motifs is 3. The summed E-state index contributed by atoms with van der Waals surface area (Å²) in [6.45, 7) is 4.54. The molecular weight excluding hydrogens is 304 g/mol. The van der Waals surface area contributed by atoms with Crippen molar-refractivity contribution in [2.75, 3.05) is 13.2 Å². The van der Waals surface area contributed by atoms with Gasteiger partial charge in [-0.2, -0.15) is 0 Å². The fourth-order valence-corrected chi connectivity index (χ4v) is 6.13. The lowest BCUT2D eigenvalue weighted by molar-refractivity contribution is -0.147. The van der Waals surface area contributed by atoms with Crippen LogP contribution < -0.4 is 0 Å². The van der Waals surface area contributed by atoms with Gasteiger partial charge in [-0.1, -0.05) is 18.2 Å². The molecule has 0 aliphatic heterocycles. The van der Waals surface area contributed by atoms with Crippen molar-refractivity contribution in [2.24, 2.45) is 23.7 Å². The Morgan fingerprint density at radius 2 is 1.92 bits per heavy atom. The van der Waals surface area contributed by atoms with E-state index >= 15 is 0 Å². The van der Waals surface area contributed by atoms with Crippen LogP contribution in [0.25, 0.3) is 0 Å². The van der Waals surface area contributed by atoms with Gasteiger partial charge in [0, 0.05) is 11.3 Å². The van der Waals surface area contributed by atoms with E-state index < -0.39 is 0 Å². The van der Waals surface area contributed by atoms with Crippen LogP contribution >= 0.6 is 0 Å². The summed E-state index contributed by atoms with van der Waals surface area (Å²) in [6, 6.07) is 6.46. The van der Waals surface area contributed by atoms with Gasteiger partial charge in [0.2, 0.25) is 0 Å². The van der Waals surface area contributed by atoms with E-state index in [9.17, 15) is 9.59 Å². The van der Waals surface area contributed by atoms with E-state index in [0.717, 1.165) is 12.8 Å². The molecule has 0 radical (unpaired) electrons. The molecule has 0 heterocycles. The largest absolute Gasteiger partial charge is 0.466 e. The third-order valence-corrected chi connectivity index (χ3v) is 6.80.